The topological polar surface area (TPSA) is 207 Å². The number of allylic oxidation sites excluding steroid dienone is 3. The molecule has 82 heavy (non-hydrogen) atoms. The third-order valence-electron chi connectivity index (χ3n) is 18.2. The van der Waals surface area contributed by atoms with Gasteiger partial charge in [0.05, 0.1) is 64.2 Å². The van der Waals surface area contributed by atoms with Crippen molar-refractivity contribution in [2.75, 3.05) is 68.7 Å². The van der Waals surface area contributed by atoms with Crippen LogP contribution in [0.5, 0.6) is 0 Å². The zero-order chi connectivity index (χ0) is 55.8. The monoisotopic (exact) mass is 1090 g/mol. The normalized spacial score (nSPS) is 22.0. The lowest BCUT2D eigenvalue weighted by Gasteiger charge is -2.41. The van der Waals surface area contributed by atoms with Gasteiger partial charge in [-0.2, -0.15) is 15.8 Å². The molecule has 12 heterocycles. The summed E-state index contributed by atoms with van der Waals surface area (Å²) in [5, 5.41) is 27.6. The van der Waals surface area contributed by atoms with Crippen molar-refractivity contribution in [3.05, 3.63) is 142 Å². The lowest BCUT2D eigenvalue weighted by molar-refractivity contribution is 0.481. The SMILES string of the molecule is C[C@@H]1Cc2ncnc(N3CC(C#N)C3)c2CN1c1ccnc2c1C=CC2.C[C@@H]1Cc2ncnc(N3CCC(C#N)CC3)c2CN1c1ccnc2c1C=CC2.C[C@@H]1Cc2ncnc(N3CCCC(C#N)C3)c2CN1c1ccnc2c1C=CC2. The van der Waals surface area contributed by atoms with Crippen molar-refractivity contribution in [1.29, 1.82) is 15.8 Å². The Morgan fingerprint density at radius 2 is 0.805 bits per heavy atom. The third-order valence-corrected chi connectivity index (χ3v) is 18.2. The summed E-state index contributed by atoms with van der Waals surface area (Å²) in [4.78, 5) is 55.5. The molecule has 0 saturated carbocycles. The minimum absolute atomic E-state index is 0.0894. The second kappa shape index (κ2) is 22.6. The predicted molar refractivity (Wildman–Crippen MR) is 317 cm³/mol. The molecule has 18 heteroatoms. The fourth-order valence-electron chi connectivity index (χ4n) is 13.7. The van der Waals surface area contributed by atoms with Crippen LogP contribution in [-0.2, 0) is 58.2 Å². The summed E-state index contributed by atoms with van der Waals surface area (Å²) < 4.78 is 0. The fourth-order valence-corrected chi connectivity index (χ4v) is 13.7. The summed E-state index contributed by atoms with van der Waals surface area (Å²) in [5.74, 6) is 3.46. The Labute approximate surface area is 480 Å². The molecule has 6 aliphatic heterocycles. The van der Waals surface area contributed by atoms with Gasteiger partial charge >= 0.3 is 0 Å². The number of rotatable bonds is 6. The molecule has 0 bridgehead atoms. The van der Waals surface area contributed by atoms with Gasteiger partial charge < -0.3 is 29.4 Å². The van der Waals surface area contributed by atoms with Gasteiger partial charge in [-0.25, -0.2) is 29.9 Å². The van der Waals surface area contributed by atoms with Crippen LogP contribution in [0.3, 0.4) is 0 Å². The van der Waals surface area contributed by atoms with Crippen molar-refractivity contribution in [3.8, 4) is 18.2 Å². The lowest BCUT2D eigenvalue weighted by Crippen LogP contribution is -2.48. The Hall–Kier alpha value is -8.82. The largest absolute Gasteiger partial charge is 0.363 e. The molecule has 6 aromatic heterocycles. The molecule has 6 aromatic rings. The molecule has 0 radical (unpaired) electrons. The van der Waals surface area contributed by atoms with Crippen LogP contribution in [0.25, 0.3) is 18.2 Å². The smallest absolute Gasteiger partial charge is 0.137 e. The number of hydrogen-bond acceptors (Lipinski definition) is 18. The Balaban J connectivity index is 0.000000116. The Bertz CT molecular complexity index is 3630. The van der Waals surface area contributed by atoms with E-state index in [9.17, 15) is 10.5 Å². The number of nitrogens with zero attached hydrogens (tertiary/aromatic N) is 18. The molecule has 18 nitrogen and oxygen atoms in total. The molecule has 0 aromatic carbocycles. The number of pyridine rings is 3. The number of aromatic nitrogens is 9. The van der Waals surface area contributed by atoms with E-state index in [1.807, 2.05) is 18.6 Å². The maximum Gasteiger partial charge on any atom is 0.137 e. The van der Waals surface area contributed by atoms with Crippen LogP contribution in [0.15, 0.2) is 74.0 Å². The highest BCUT2D eigenvalue weighted by Gasteiger charge is 2.36. The van der Waals surface area contributed by atoms with E-state index in [0.717, 1.165) is 169 Å². The highest BCUT2D eigenvalue weighted by Crippen LogP contribution is 2.41. The highest BCUT2D eigenvalue weighted by molar-refractivity contribution is 5.76. The zero-order valence-electron chi connectivity index (χ0n) is 47.1. The minimum atomic E-state index is 0.0894. The van der Waals surface area contributed by atoms with Crippen molar-refractivity contribution in [1.82, 2.24) is 44.9 Å². The summed E-state index contributed by atoms with van der Waals surface area (Å²) in [6, 6.07) is 14.7. The first kappa shape index (κ1) is 52.5. The van der Waals surface area contributed by atoms with Gasteiger partial charge in [0.2, 0.25) is 0 Å². The molecular weight excluding hydrogens is 1020 g/mol. The molecule has 4 atom stereocenters. The number of piperidine rings is 2. The molecule has 0 N–H and O–H groups in total. The molecule has 0 spiro atoms. The van der Waals surface area contributed by atoms with E-state index in [1.54, 1.807) is 19.0 Å². The molecular formula is C64H68N18. The van der Waals surface area contributed by atoms with Gasteiger partial charge in [-0.1, -0.05) is 36.5 Å². The summed E-state index contributed by atoms with van der Waals surface area (Å²) in [6.07, 6.45) is 33.3. The Morgan fingerprint density at radius 3 is 1.22 bits per heavy atom. The molecule has 1 unspecified atom stereocenters. The van der Waals surface area contributed by atoms with Crippen LogP contribution in [0.4, 0.5) is 34.5 Å². The van der Waals surface area contributed by atoms with Gasteiger partial charge in [0, 0.05) is 191 Å². The second-order valence-corrected chi connectivity index (χ2v) is 23.3. The fraction of sp³-hybridized carbons (Fsp3) is 0.438. The van der Waals surface area contributed by atoms with Crippen LogP contribution in [0.2, 0.25) is 0 Å². The van der Waals surface area contributed by atoms with E-state index in [2.05, 4.69) is 168 Å². The standard InChI is InChI=1S/2C22H24N6.C20H20N6/c1-15-10-20-18(13-28(15)21-7-8-24-19-6-2-5-17(19)21)22(26-14-25-20)27-9-3-4-16(11-23)12-27;1-15-11-20-18(13-28(15)21-5-8-24-19-4-2-3-17(19)21)22(26-14-25-20)27-9-6-16(12-23)7-10-27;1-13-7-18-16(20(24-12-23-18)25-9-14(8-21)10-25)11-26(13)19-5-6-22-17-4-2-3-15(17)19/h2,5,7-8,14-16H,3-4,6,9-10,12-13H2,1H3;2-3,5,8,14-16H,4,6-7,9-11,13H2,1H3;2-3,5-6,12-14H,4,7,9-11H2,1H3/t15-,16?;15-;13-/m111/s1. The van der Waals surface area contributed by atoms with Crippen LogP contribution < -0.4 is 29.4 Å². The minimum Gasteiger partial charge on any atom is -0.363 e. The molecule has 0 amide bonds. The first-order valence-electron chi connectivity index (χ1n) is 29.4. The quantitative estimate of drug-likeness (QED) is 0.153. The predicted octanol–water partition coefficient (Wildman–Crippen LogP) is 8.62. The highest BCUT2D eigenvalue weighted by atomic mass is 15.3. The number of fused-ring (bicyclic) bond motifs is 6. The maximum atomic E-state index is 9.38. The summed E-state index contributed by atoms with van der Waals surface area (Å²) in [6.45, 7) is 14.3. The molecule has 414 valence electrons. The van der Waals surface area contributed by atoms with Crippen LogP contribution in [-0.4, -0.2) is 102 Å². The van der Waals surface area contributed by atoms with Crippen LogP contribution in [0, 0.1) is 51.7 Å². The maximum absolute atomic E-state index is 9.38. The summed E-state index contributed by atoms with van der Waals surface area (Å²) >= 11 is 0. The van der Waals surface area contributed by atoms with E-state index in [1.165, 1.54) is 56.1 Å². The number of hydrogen-bond donors (Lipinski definition) is 0. The first-order valence-corrected chi connectivity index (χ1v) is 29.4. The van der Waals surface area contributed by atoms with Gasteiger partial charge in [0.15, 0.2) is 0 Å². The van der Waals surface area contributed by atoms with E-state index < -0.39 is 0 Å². The Morgan fingerprint density at radius 1 is 0.415 bits per heavy atom. The third kappa shape index (κ3) is 10.0. The molecule has 9 aliphatic rings. The molecule has 3 saturated heterocycles. The van der Waals surface area contributed by atoms with Crippen molar-refractivity contribution in [2.45, 2.75) is 123 Å². The van der Waals surface area contributed by atoms with Crippen LogP contribution >= 0.6 is 0 Å². The van der Waals surface area contributed by atoms with Crippen LogP contribution in [0.1, 0.15) is 114 Å². The Kier molecular flexibility index (Phi) is 14.5. The van der Waals surface area contributed by atoms with Gasteiger partial charge in [-0.05, 0) is 64.7 Å². The zero-order valence-corrected chi connectivity index (χ0v) is 47.1. The van der Waals surface area contributed by atoms with E-state index in [-0.39, 0.29) is 17.8 Å². The van der Waals surface area contributed by atoms with Crippen molar-refractivity contribution >= 4 is 52.7 Å². The van der Waals surface area contributed by atoms with Gasteiger partial charge in [-0.3, -0.25) is 15.0 Å². The van der Waals surface area contributed by atoms with Gasteiger partial charge in [0.1, 0.15) is 36.4 Å². The number of nitriles is 3. The first-order chi connectivity index (χ1) is 40.2. The summed E-state index contributed by atoms with van der Waals surface area (Å²) in [7, 11) is 0. The molecule has 15 rings (SSSR count). The van der Waals surface area contributed by atoms with E-state index in [0.29, 0.717) is 18.1 Å². The van der Waals surface area contributed by atoms with Crippen molar-refractivity contribution in [3.63, 3.8) is 0 Å². The lowest BCUT2D eigenvalue weighted by atomic mass is 9.95. The van der Waals surface area contributed by atoms with E-state index >= 15 is 0 Å². The number of anilines is 6. The van der Waals surface area contributed by atoms with E-state index in [4.69, 9.17) is 5.26 Å². The van der Waals surface area contributed by atoms with Gasteiger partial charge in [0.25, 0.3) is 0 Å². The van der Waals surface area contributed by atoms with Crippen molar-refractivity contribution < 1.29 is 0 Å². The van der Waals surface area contributed by atoms with Gasteiger partial charge in [-0.15, -0.1) is 0 Å². The average molecular weight is 1090 g/mol. The second-order valence-electron chi connectivity index (χ2n) is 23.3. The van der Waals surface area contributed by atoms with Crippen molar-refractivity contribution in [2.24, 2.45) is 17.8 Å². The molecule has 3 fully saturated rings. The molecule has 3 aliphatic carbocycles. The summed E-state index contributed by atoms with van der Waals surface area (Å²) in [5.41, 5.74) is 18.1. The average Bonchev–Trinajstić information content (AvgIpc) is 4.36.